The highest BCUT2D eigenvalue weighted by molar-refractivity contribution is 6.32. The second kappa shape index (κ2) is 8.78. The number of carboxylic acid groups (broad SMARTS) is 2. The Hall–Kier alpha value is -3.13. The van der Waals surface area contributed by atoms with Crippen LogP contribution in [0.25, 0.3) is 0 Å². The molecule has 0 aromatic heterocycles. The van der Waals surface area contributed by atoms with E-state index in [1.54, 1.807) is 17.0 Å². The molecule has 0 bridgehead atoms. The molecule has 32 heavy (non-hydrogen) atoms. The van der Waals surface area contributed by atoms with Gasteiger partial charge in [-0.1, -0.05) is 17.7 Å². The summed E-state index contributed by atoms with van der Waals surface area (Å²) in [5.41, 5.74) is 2.88. The van der Waals surface area contributed by atoms with Gasteiger partial charge in [-0.3, -0.25) is 14.4 Å². The number of ether oxygens (including phenoxy) is 1. The molecule has 8 nitrogen and oxygen atoms in total. The van der Waals surface area contributed by atoms with Crippen molar-refractivity contribution in [2.45, 2.75) is 44.4 Å². The summed E-state index contributed by atoms with van der Waals surface area (Å²) >= 11 is 6.34. The number of ketones is 2. The summed E-state index contributed by atoms with van der Waals surface area (Å²) in [5.74, 6) is -2.80. The second-order valence-electron chi connectivity index (χ2n) is 8.06. The van der Waals surface area contributed by atoms with Gasteiger partial charge in [0.1, 0.15) is 12.3 Å². The predicted octanol–water partition coefficient (Wildman–Crippen LogP) is 3.30. The van der Waals surface area contributed by atoms with Crippen molar-refractivity contribution < 1.29 is 34.1 Å². The third-order valence-electron chi connectivity index (χ3n) is 6.02. The highest BCUT2D eigenvalue weighted by atomic mass is 35.5. The van der Waals surface area contributed by atoms with Crippen LogP contribution in [0.5, 0.6) is 5.75 Å². The summed E-state index contributed by atoms with van der Waals surface area (Å²) in [4.78, 5) is 50.2. The maximum Gasteiger partial charge on any atom is 0.341 e. The van der Waals surface area contributed by atoms with Crippen LogP contribution in [0.3, 0.4) is 0 Å². The zero-order valence-corrected chi connectivity index (χ0v) is 18.0. The Morgan fingerprint density at radius 2 is 1.56 bits per heavy atom. The fraction of sp³-hybridized carbons (Fsp3) is 0.391. The standard InChI is InChI=1S/C23H22ClNO7/c24-13-9-12(7-8-18(13)32-11-20(30)31)21-22-14(3-1-5-16(22)26)25(10-19(28)29)15-4-2-6-17(27)23(15)21/h7-9,21H,1-6,10-11H2,(H,28,29)(H,30,31). The SMILES string of the molecule is O=C(O)COc1ccc(C2C3=C(CCCC3=O)N(CC(=O)O)C3=C2C(=O)CCC3)cc1Cl. The third-order valence-corrected chi connectivity index (χ3v) is 6.32. The quantitative estimate of drug-likeness (QED) is 0.664. The van der Waals surface area contributed by atoms with Crippen LogP contribution < -0.4 is 4.74 Å². The first kappa shape index (κ1) is 22.1. The first-order valence-corrected chi connectivity index (χ1v) is 10.8. The molecule has 0 fully saturated rings. The van der Waals surface area contributed by atoms with E-state index in [4.69, 9.17) is 21.4 Å². The van der Waals surface area contributed by atoms with Gasteiger partial charge in [-0.2, -0.15) is 0 Å². The van der Waals surface area contributed by atoms with Crippen molar-refractivity contribution in [1.29, 1.82) is 0 Å². The molecule has 0 saturated carbocycles. The average molecular weight is 460 g/mol. The summed E-state index contributed by atoms with van der Waals surface area (Å²) in [6.45, 7) is -0.845. The molecule has 2 N–H and O–H groups in total. The smallest absolute Gasteiger partial charge is 0.341 e. The summed E-state index contributed by atoms with van der Waals surface area (Å²) in [6.07, 6.45) is 3.04. The summed E-state index contributed by atoms with van der Waals surface area (Å²) < 4.78 is 5.19. The van der Waals surface area contributed by atoms with Gasteiger partial charge in [-0.15, -0.1) is 0 Å². The molecule has 1 aromatic carbocycles. The van der Waals surface area contributed by atoms with Gasteiger partial charge in [-0.25, -0.2) is 4.79 Å². The Morgan fingerprint density at radius 1 is 0.969 bits per heavy atom. The molecule has 9 heteroatoms. The lowest BCUT2D eigenvalue weighted by atomic mass is 9.71. The Bertz CT molecular complexity index is 1040. The van der Waals surface area contributed by atoms with Crippen molar-refractivity contribution in [3.8, 4) is 5.75 Å². The Balaban J connectivity index is 1.85. The molecule has 0 atom stereocenters. The summed E-state index contributed by atoms with van der Waals surface area (Å²) in [7, 11) is 0. The molecule has 3 aliphatic rings. The molecule has 2 aliphatic carbocycles. The average Bonchev–Trinajstić information content (AvgIpc) is 2.73. The van der Waals surface area contributed by atoms with Crippen molar-refractivity contribution in [1.82, 2.24) is 4.90 Å². The number of carbonyl (C=O) groups is 4. The minimum Gasteiger partial charge on any atom is -0.480 e. The molecule has 0 amide bonds. The fourth-order valence-electron chi connectivity index (χ4n) is 4.83. The van der Waals surface area contributed by atoms with E-state index in [0.29, 0.717) is 66.6 Å². The molecule has 4 rings (SSSR count). The number of halogens is 1. The van der Waals surface area contributed by atoms with Gasteiger partial charge in [0, 0.05) is 41.3 Å². The Labute approximate surface area is 189 Å². The molecule has 0 spiro atoms. The van der Waals surface area contributed by atoms with Crippen LogP contribution in [0, 0.1) is 0 Å². The van der Waals surface area contributed by atoms with E-state index in [2.05, 4.69) is 0 Å². The molecule has 1 aliphatic heterocycles. The number of carbonyl (C=O) groups excluding carboxylic acids is 2. The minimum atomic E-state index is -1.14. The second-order valence-corrected chi connectivity index (χ2v) is 8.47. The maximum absolute atomic E-state index is 13.1. The molecular formula is C23H22ClNO7. The lowest BCUT2D eigenvalue weighted by Crippen LogP contribution is -2.41. The molecule has 1 aromatic rings. The first-order chi connectivity index (χ1) is 15.3. The van der Waals surface area contributed by atoms with Crippen molar-refractivity contribution in [2.75, 3.05) is 13.2 Å². The number of carboxylic acids is 2. The van der Waals surface area contributed by atoms with Gasteiger partial charge in [0.25, 0.3) is 0 Å². The lowest BCUT2D eigenvalue weighted by Gasteiger charge is -2.43. The molecule has 0 unspecified atom stereocenters. The predicted molar refractivity (Wildman–Crippen MR) is 113 cm³/mol. The molecule has 0 saturated heterocycles. The van der Waals surface area contributed by atoms with Crippen molar-refractivity contribution >= 4 is 35.1 Å². The van der Waals surface area contributed by atoms with Crippen molar-refractivity contribution in [3.63, 3.8) is 0 Å². The maximum atomic E-state index is 13.1. The largest absolute Gasteiger partial charge is 0.480 e. The van der Waals surface area contributed by atoms with Crippen LogP contribution in [0.15, 0.2) is 40.7 Å². The number of hydrogen-bond donors (Lipinski definition) is 2. The summed E-state index contributed by atoms with van der Waals surface area (Å²) in [5, 5.41) is 18.5. The van der Waals surface area contributed by atoms with Crippen LogP contribution in [0.1, 0.15) is 50.0 Å². The Kier molecular flexibility index (Phi) is 6.06. The molecule has 168 valence electrons. The van der Waals surface area contributed by atoms with Crippen LogP contribution in [-0.2, 0) is 19.2 Å². The van der Waals surface area contributed by atoms with Crippen LogP contribution in [0.2, 0.25) is 5.02 Å². The molecule has 1 heterocycles. The van der Waals surface area contributed by atoms with Gasteiger partial charge < -0.3 is 19.8 Å². The topological polar surface area (TPSA) is 121 Å². The van der Waals surface area contributed by atoms with E-state index >= 15 is 0 Å². The highest BCUT2D eigenvalue weighted by Gasteiger charge is 2.43. The van der Waals surface area contributed by atoms with Gasteiger partial charge in [0.05, 0.1) is 5.02 Å². The van der Waals surface area contributed by atoms with Crippen molar-refractivity contribution in [2.24, 2.45) is 0 Å². The van der Waals surface area contributed by atoms with Crippen LogP contribution in [-0.4, -0.2) is 51.8 Å². The lowest BCUT2D eigenvalue weighted by molar-refractivity contribution is -0.139. The number of hydrogen-bond acceptors (Lipinski definition) is 6. The number of allylic oxidation sites excluding steroid dienone is 4. The van der Waals surface area contributed by atoms with Crippen molar-refractivity contribution in [3.05, 3.63) is 51.3 Å². The van der Waals surface area contributed by atoms with Gasteiger partial charge in [0.15, 0.2) is 18.2 Å². The van der Waals surface area contributed by atoms with Gasteiger partial charge in [-0.05, 0) is 43.4 Å². The number of benzene rings is 1. The van der Waals surface area contributed by atoms with Gasteiger partial charge in [0.2, 0.25) is 0 Å². The number of rotatable bonds is 6. The molecule has 0 radical (unpaired) electrons. The van der Waals surface area contributed by atoms with E-state index in [1.165, 1.54) is 6.07 Å². The normalized spacial score (nSPS) is 19.1. The van der Waals surface area contributed by atoms with E-state index < -0.39 is 24.5 Å². The highest BCUT2D eigenvalue weighted by Crippen LogP contribution is 2.49. The number of aliphatic carboxylic acids is 2. The van der Waals surface area contributed by atoms with E-state index in [0.717, 1.165) is 0 Å². The fourth-order valence-corrected chi connectivity index (χ4v) is 5.07. The van der Waals surface area contributed by atoms with Crippen LogP contribution in [0.4, 0.5) is 0 Å². The number of nitrogens with zero attached hydrogens (tertiary/aromatic N) is 1. The third kappa shape index (κ3) is 4.02. The summed E-state index contributed by atoms with van der Waals surface area (Å²) in [6, 6.07) is 4.81. The van der Waals surface area contributed by atoms with Gasteiger partial charge >= 0.3 is 11.9 Å². The van der Waals surface area contributed by atoms with E-state index in [1.807, 2.05) is 0 Å². The number of Topliss-reactive ketones (excluding diaryl/α,β-unsaturated/α-hetero) is 2. The monoisotopic (exact) mass is 459 g/mol. The zero-order valence-electron chi connectivity index (χ0n) is 17.2. The van der Waals surface area contributed by atoms with E-state index in [9.17, 15) is 24.3 Å². The minimum absolute atomic E-state index is 0.0983. The van der Waals surface area contributed by atoms with Crippen LogP contribution >= 0.6 is 11.6 Å². The van der Waals surface area contributed by atoms with E-state index in [-0.39, 0.29) is 28.9 Å². The zero-order chi connectivity index (χ0) is 23.0. The first-order valence-electron chi connectivity index (χ1n) is 10.4. The molecular weight excluding hydrogens is 438 g/mol. The Morgan fingerprint density at radius 3 is 2.06 bits per heavy atom.